The lowest BCUT2D eigenvalue weighted by Gasteiger charge is -2.25. The monoisotopic (exact) mass is 252 g/mol. The van der Waals surface area contributed by atoms with Gasteiger partial charge in [-0.2, -0.15) is 0 Å². The van der Waals surface area contributed by atoms with E-state index in [1.54, 1.807) is 6.26 Å². The molecule has 0 amide bonds. The first kappa shape index (κ1) is 12.4. The maximum Gasteiger partial charge on any atom is 0.167 e. The Balaban J connectivity index is 1.76. The molecule has 0 unspecified atom stereocenters. The Kier molecular flexibility index (Phi) is 4.42. The second-order valence-corrected chi connectivity index (χ2v) is 5.10. The number of rotatable bonds is 3. The molecule has 94 valence electrons. The van der Waals surface area contributed by atoms with Crippen LogP contribution in [0.2, 0.25) is 0 Å². The van der Waals surface area contributed by atoms with Crippen molar-refractivity contribution in [2.24, 2.45) is 0 Å². The molecule has 1 aliphatic rings. The molecule has 2 N–H and O–H groups in total. The summed E-state index contributed by atoms with van der Waals surface area (Å²) in [5.74, 6) is 0.915. The molecule has 1 aromatic heterocycles. The Morgan fingerprint density at radius 3 is 2.82 bits per heavy atom. The fraction of sp³-hybridized carbons (Fsp3) is 0.615. The quantitative estimate of drug-likeness (QED) is 0.810. The number of hydrogen-bond donors (Lipinski definition) is 2. The maximum absolute atomic E-state index is 5.34. The number of thiocarbonyl (C=S) groups is 1. The molecule has 1 atom stereocenters. The molecule has 1 heterocycles. The zero-order valence-electron chi connectivity index (χ0n) is 10.2. The van der Waals surface area contributed by atoms with Gasteiger partial charge in [0.1, 0.15) is 5.76 Å². The molecule has 0 radical (unpaired) electrons. The van der Waals surface area contributed by atoms with Gasteiger partial charge in [-0.25, -0.2) is 0 Å². The number of furan rings is 1. The first-order chi connectivity index (χ1) is 8.25. The molecule has 17 heavy (non-hydrogen) atoms. The average Bonchev–Trinajstić information content (AvgIpc) is 2.83. The SMILES string of the molecule is C[C@@H](NC(=S)NC1CCCCC1)c1ccco1. The van der Waals surface area contributed by atoms with Crippen LogP contribution in [0.4, 0.5) is 0 Å². The highest BCUT2D eigenvalue weighted by Gasteiger charge is 2.15. The van der Waals surface area contributed by atoms with Gasteiger partial charge < -0.3 is 15.1 Å². The number of nitrogens with one attached hydrogen (secondary N) is 2. The van der Waals surface area contributed by atoms with Crippen LogP contribution < -0.4 is 10.6 Å². The van der Waals surface area contributed by atoms with E-state index >= 15 is 0 Å². The molecule has 0 spiro atoms. The van der Waals surface area contributed by atoms with Gasteiger partial charge in [-0.3, -0.25) is 0 Å². The molecule has 0 bridgehead atoms. The van der Waals surface area contributed by atoms with E-state index in [1.807, 2.05) is 19.1 Å². The standard InChI is InChI=1S/C13H20N2OS/c1-10(12-8-5-9-16-12)14-13(17)15-11-6-3-2-4-7-11/h5,8-11H,2-4,6-7H2,1H3,(H2,14,15,17)/t10-/m1/s1. The topological polar surface area (TPSA) is 37.2 Å². The summed E-state index contributed by atoms with van der Waals surface area (Å²) >= 11 is 5.32. The van der Waals surface area contributed by atoms with Gasteiger partial charge in [-0.15, -0.1) is 0 Å². The van der Waals surface area contributed by atoms with Crippen LogP contribution in [0.5, 0.6) is 0 Å². The van der Waals surface area contributed by atoms with Crippen LogP contribution in [-0.4, -0.2) is 11.2 Å². The normalized spacial score (nSPS) is 18.6. The Hall–Kier alpha value is -1.03. The zero-order chi connectivity index (χ0) is 12.1. The van der Waals surface area contributed by atoms with Crippen molar-refractivity contribution in [3.05, 3.63) is 24.2 Å². The van der Waals surface area contributed by atoms with E-state index < -0.39 is 0 Å². The first-order valence-corrected chi connectivity index (χ1v) is 6.77. The summed E-state index contributed by atoms with van der Waals surface area (Å²) in [6, 6.07) is 4.52. The molecule has 1 aliphatic carbocycles. The van der Waals surface area contributed by atoms with E-state index in [9.17, 15) is 0 Å². The van der Waals surface area contributed by atoms with Gasteiger partial charge in [-0.05, 0) is 44.1 Å². The molecule has 0 aliphatic heterocycles. The molecular formula is C13H20N2OS. The lowest BCUT2D eigenvalue weighted by Crippen LogP contribution is -2.43. The first-order valence-electron chi connectivity index (χ1n) is 6.36. The Morgan fingerprint density at radius 2 is 2.18 bits per heavy atom. The smallest absolute Gasteiger partial charge is 0.167 e. The minimum absolute atomic E-state index is 0.119. The maximum atomic E-state index is 5.34. The lowest BCUT2D eigenvalue weighted by atomic mass is 9.96. The molecule has 0 saturated heterocycles. The molecule has 1 saturated carbocycles. The minimum Gasteiger partial charge on any atom is -0.467 e. The van der Waals surface area contributed by atoms with Crippen molar-refractivity contribution in [1.82, 2.24) is 10.6 Å². The molecule has 1 aromatic rings. The van der Waals surface area contributed by atoms with Crippen LogP contribution in [-0.2, 0) is 0 Å². The van der Waals surface area contributed by atoms with Crippen molar-refractivity contribution in [2.75, 3.05) is 0 Å². The van der Waals surface area contributed by atoms with Crippen molar-refractivity contribution >= 4 is 17.3 Å². The van der Waals surface area contributed by atoms with Crippen molar-refractivity contribution in [1.29, 1.82) is 0 Å². The van der Waals surface area contributed by atoms with Crippen LogP contribution in [0.15, 0.2) is 22.8 Å². The summed E-state index contributed by atoms with van der Waals surface area (Å²) in [6.45, 7) is 2.05. The van der Waals surface area contributed by atoms with Gasteiger partial charge in [0, 0.05) is 6.04 Å². The van der Waals surface area contributed by atoms with E-state index in [4.69, 9.17) is 16.6 Å². The average molecular weight is 252 g/mol. The van der Waals surface area contributed by atoms with Gasteiger partial charge in [0.2, 0.25) is 0 Å². The van der Waals surface area contributed by atoms with E-state index in [-0.39, 0.29) is 6.04 Å². The molecule has 3 nitrogen and oxygen atoms in total. The number of hydrogen-bond acceptors (Lipinski definition) is 2. The van der Waals surface area contributed by atoms with E-state index in [0.29, 0.717) is 6.04 Å². The second kappa shape index (κ2) is 6.05. The summed E-state index contributed by atoms with van der Waals surface area (Å²) in [4.78, 5) is 0. The molecular weight excluding hydrogens is 232 g/mol. The highest BCUT2D eigenvalue weighted by Crippen LogP contribution is 2.17. The van der Waals surface area contributed by atoms with Gasteiger partial charge >= 0.3 is 0 Å². The third-order valence-corrected chi connectivity index (χ3v) is 3.49. The molecule has 4 heteroatoms. The highest BCUT2D eigenvalue weighted by atomic mass is 32.1. The van der Waals surface area contributed by atoms with Crippen molar-refractivity contribution in [3.63, 3.8) is 0 Å². The van der Waals surface area contributed by atoms with Crippen LogP contribution in [0, 0.1) is 0 Å². The fourth-order valence-electron chi connectivity index (χ4n) is 2.28. The third-order valence-electron chi connectivity index (χ3n) is 3.26. The van der Waals surface area contributed by atoms with Crippen LogP contribution in [0.3, 0.4) is 0 Å². The van der Waals surface area contributed by atoms with Gasteiger partial charge in [0.15, 0.2) is 5.11 Å². The predicted octanol–water partition coefficient (Wildman–Crippen LogP) is 3.14. The second-order valence-electron chi connectivity index (χ2n) is 4.69. The molecule has 1 fully saturated rings. The summed E-state index contributed by atoms with van der Waals surface area (Å²) in [7, 11) is 0. The Bertz CT molecular complexity index is 344. The summed E-state index contributed by atoms with van der Waals surface area (Å²) in [6.07, 6.45) is 8.14. The lowest BCUT2D eigenvalue weighted by molar-refractivity contribution is 0.407. The van der Waals surface area contributed by atoms with E-state index in [2.05, 4.69) is 10.6 Å². The van der Waals surface area contributed by atoms with E-state index in [1.165, 1.54) is 32.1 Å². The van der Waals surface area contributed by atoms with Crippen molar-refractivity contribution in [3.8, 4) is 0 Å². The highest BCUT2D eigenvalue weighted by molar-refractivity contribution is 7.80. The minimum atomic E-state index is 0.119. The van der Waals surface area contributed by atoms with Gasteiger partial charge in [-0.1, -0.05) is 19.3 Å². The summed E-state index contributed by atoms with van der Waals surface area (Å²) < 4.78 is 5.34. The largest absolute Gasteiger partial charge is 0.467 e. The third kappa shape index (κ3) is 3.73. The summed E-state index contributed by atoms with van der Waals surface area (Å²) in [5.41, 5.74) is 0. The van der Waals surface area contributed by atoms with Crippen LogP contribution in [0.25, 0.3) is 0 Å². The van der Waals surface area contributed by atoms with Crippen molar-refractivity contribution in [2.45, 2.75) is 51.1 Å². The predicted molar refractivity (Wildman–Crippen MR) is 72.9 cm³/mol. The zero-order valence-corrected chi connectivity index (χ0v) is 11.1. The van der Waals surface area contributed by atoms with Gasteiger partial charge in [0.05, 0.1) is 12.3 Å². The van der Waals surface area contributed by atoms with Crippen molar-refractivity contribution < 1.29 is 4.42 Å². The summed E-state index contributed by atoms with van der Waals surface area (Å²) in [5, 5.41) is 7.38. The Morgan fingerprint density at radius 1 is 1.41 bits per heavy atom. The van der Waals surface area contributed by atoms with Gasteiger partial charge in [0.25, 0.3) is 0 Å². The molecule has 2 rings (SSSR count). The van der Waals surface area contributed by atoms with Crippen LogP contribution in [0.1, 0.15) is 50.8 Å². The Labute approximate surface area is 108 Å². The molecule has 0 aromatic carbocycles. The van der Waals surface area contributed by atoms with E-state index in [0.717, 1.165) is 10.9 Å². The van der Waals surface area contributed by atoms with Crippen LogP contribution >= 0.6 is 12.2 Å². The fourth-order valence-corrected chi connectivity index (χ4v) is 2.62.